The van der Waals surface area contributed by atoms with Crippen LogP contribution in [-0.2, 0) is 9.84 Å². The molecule has 2 unspecified atom stereocenters. The summed E-state index contributed by atoms with van der Waals surface area (Å²) in [6.45, 7) is 3.48. The molecule has 1 aromatic rings. The SMILES string of the molecule is Cc1ccc(C(N)C(C)S(C)(=O)=O)cn1. The number of hydrogen-bond acceptors (Lipinski definition) is 4. The Morgan fingerprint density at radius 2 is 2.00 bits per heavy atom. The summed E-state index contributed by atoms with van der Waals surface area (Å²) >= 11 is 0. The average molecular weight is 228 g/mol. The third-order valence-corrected chi connectivity index (χ3v) is 4.14. The van der Waals surface area contributed by atoms with Crippen molar-refractivity contribution < 1.29 is 8.42 Å². The quantitative estimate of drug-likeness (QED) is 0.831. The van der Waals surface area contributed by atoms with Crippen molar-refractivity contribution in [2.45, 2.75) is 25.1 Å². The molecule has 0 aliphatic carbocycles. The van der Waals surface area contributed by atoms with Crippen LogP contribution < -0.4 is 5.73 Å². The van der Waals surface area contributed by atoms with Crippen LogP contribution in [0.1, 0.15) is 24.2 Å². The van der Waals surface area contributed by atoms with Gasteiger partial charge in [0.2, 0.25) is 0 Å². The first-order valence-corrected chi connectivity index (χ1v) is 6.65. The molecule has 5 heteroatoms. The van der Waals surface area contributed by atoms with E-state index in [2.05, 4.69) is 4.98 Å². The Labute approximate surface area is 90.4 Å². The molecule has 0 bridgehead atoms. The first-order valence-electron chi connectivity index (χ1n) is 4.69. The lowest BCUT2D eigenvalue weighted by Crippen LogP contribution is -2.30. The van der Waals surface area contributed by atoms with Gasteiger partial charge in [-0.25, -0.2) is 8.42 Å². The molecule has 2 N–H and O–H groups in total. The fraction of sp³-hybridized carbons (Fsp3) is 0.500. The van der Waals surface area contributed by atoms with Crippen molar-refractivity contribution in [1.82, 2.24) is 4.98 Å². The monoisotopic (exact) mass is 228 g/mol. The van der Waals surface area contributed by atoms with Gasteiger partial charge < -0.3 is 5.73 Å². The van der Waals surface area contributed by atoms with Crippen LogP contribution in [-0.4, -0.2) is 24.9 Å². The van der Waals surface area contributed by atoms with Crippen LogP contribution in [0.15, 0.2) is 18.3 Å². The van der Waals surface area contributed by atoms with Crippen molar-refractivity contribution in [1.29, 1.82) is 0 Å². The van der Waals surface area contributed by atoms with Gasteiger partial charge in [0.1, 0.15) is 0 Å². The highest BCUT2D eigenvalue weighted by molar-refractivity contribution is 7.91. The van der Waals surface area contributed by atoms with Gasteiger partial charge in [-0.3, -0.25) is 4.98 Å². The van der Waals surface area contributed by atoms with Crippen molar-refractivity contribution in [2.75, 3.05) is 6.26 Å². The zero-order valence-electron chi connectivity index (χ0n) is 9.14. The largest absolute Gasteiger partial charge is 0.323 e. The first kappa shape index (κ1) is 12.1. The van der Waals surface area contributed by atoms with Crippen molar-refractivity contribution >= 4 is 9.84 Å². The van der Waals surface area contributed by atoms with Crippen LogP contribution in [0, 0.1) is 6.92 Å². The third kappa shape index (κ3) is 3.00. The fourth-order valence-corrected chi connectivity index (χ4v) is 1.90. The summed E-state index contributed by atoms with van der Waals surface area (Å²) in [6.07, 6.45) is 2.82. The number of aryl methyl sites for hydroxylation is 1. The van der Waals surface area contributed by atoms with Gasteiger partial charge in [-0.2, -0.15) is 0 Å². The molecule has 15 heavy (non-hydrogen) atoms. The minimum absolute atomic E-state index is 0.520. The Kier molecular flexibility index (Phi) is 3.46. The van der Waals surface area contributed by atoms with Crippen molar-refractivity contribution in [3.05, 3.63) is 29.6 Å². The molecule has 84 valence electrons. The average Bonchev–Trinajstić information content (AvgIpc) is 2.15. The molecule has 0 saturated carbocycles. The molecule has 0 radical (unpaired) electrons. The van der Waals surface area contributed by atoms with Crippen LogP contribution in [0.2, 0.25) is 0 Å². The minimum atomic E-state index is -3.11. The molecule has 0 amide bonds. The second-order valence-corrected chi connectivity index (χ2v) is 6.20. The first-order chi connectivity index (χ1) is 6.82. The van der Waals surface area contributed by atoms with Gasteiger partial charge in [-0.15, -0.1) is 0 Å². The van der Waals surface area contributed by atoms with Gasteiger partial charge in [0, 0.05) is 24.2 Å². The summed E-state index contributed by atoms with van der Waals surface area (Å²) in [7, 11) is -3.11. The minimum Gasteiger partial charge on any atom is -0.323 e. The second-order valence-electron chi connectivity index (χ2n) is 3.79. The lowest BCUT2D eigenvalue weighted by atomic mass is 10.1. The van der Waals surface area contributed by atoms with Crippen LogP contribution in [0.5, 0.6) is 0 Å². The number of aromatic nitrogens is 1. The van der Waals surface area contributed by atoms with Gasteiger partial charge in [-0.1, -0.05) is 6.07 Å². The molecule has 0 aromatic carbocycles. The van der Waals surface area contributed by atoms with E-state index >= 15 is 0 Å². The molecule has 0 aliphatic heterocycles. The summed E-state index contributed by atoms with van der Waals surface area (Å²) in [5.41, 5.74) is 7.49. The van der Waals surface area contributed by atoms with Gasteiger partial charge in [0.15, 0.2) is 9.84 Å². The Balaban J connectivity index is 2.95. The van der Waals surface area contributed by atoms with E-state index < -0.39 is 21.1 Å². The summed E-state index contributed by atoms with van der Waals surface area (Å²) in [4.78, 5) is 4.09. The maximum Gasteiger partial charge on any atom is 0.151 e. The second kappa shape index (κ2) is 4.28. The van der Waals surface area contributed by atoms with E-state index in [1.807, 2.05) is 19.1 Å². The molecule has 1 rings (SSSR count). The normalized spacial score (nSPS) is 16.0. The Hall–Kier alpha value is -0.940. The molecular formula is C10H16N2O2S. The number of sulfone groups is 1. The predicted molar refractivity (Wildman–Crippen MR) is 60.2 cm³/mol. The lowest BCUT2D eigenvalue weighted by Gasteiger charge is -2.18. The number of nitrogens with two attached hydrogens (primary N) is 1. The third-order valence-electron chi connectivity index (χ3n) is 2.50. The molecule has 1 heterocycles. The molecule has 0 spiro atoms. The Bertz CT molecular complexity index is 425. The van der Waals surface area contributed by atoms with Gasteiger partial charge in [0.05, 0.1) is 5.25 Å². The van der Waals surface area contributed by atoms with Gasteiger partial charge in [-0.05, 0) is 25.5 Å². The maximum absolute atomic E-state index is 11.3. The number of rotatable bonds is 3. The molecule has 2 atom stereocenters. The van der Waals surface area contributed by atoms with Crippen LogP contribution in [0.3, 0.4) is 0 Å². The van der Waals surface area contributed by atoms with Crippen molar-refractivity contribution in [3.63, 3.8) is 0 Å². The predicted octanol–water partition coefficient (Wildman–Crippen LogP) is 0.823. The van der Waals surface area contributed by atoms with Gasteiger partial charge >= 0.3 is 0 Å². The zero-order valence-corrected chi connectivity index (χ0v) is 9.95. The topological polar surface area (TPSA) is 73.1 Å². The highest BCUT2D eigenvalue weighted by Crippen LogP contribution is 2.18. The highest BCUT2D eigenvalue weighted by atomic mass is 32.2. The highest BCUT2D eigenvalue weighted by Gasteiger charge is 2.24. The van der Waals surface area contributed by atoms with E-state index in [9.17, 15) is 8.42 Å². The molecule has 1 aromatic heterocycles. The summed E-state index contributed by atoms with van der Waals surface area (Å²) < 4.78 is 22.6. The summed E-state index contributed by atoms with van der Waals surface area (Å²) in [5, 5.41) is -0.595. The molecule has 4 nitrogen and oxygen atoms in total. The molecule has 0 aliphatic rings. The van der Waals surface area contributed by atoms with E-state index in [0.29, 0.717) is 0 Å². The Morgan fingerprint density at radius 3 is 2.40 bits per heavy atom. The van der Waals surface area contributed by atoms with Gasteiger partial charge in [0.25, 0.3) is 0 Å². The van der Waals surface area contributed by atoms with E-state index in [4.69, 9.17) is 5.73 Å². The Morgan fingerprint density at radius 1 is 1.40 bits per heavy atom. The molecular weight excluding hydrogens is 212 g/mol. The maximum atomic E-state index is 11.3. The van der Waals surface area contributed by atoms with Crippen molar-refractivity contribution in [3.8, 4) is 0 Å². The van der Waals surface area contributed by atoms with Crippen LogP contribution in [0.4, 0.5) is 0 Å². The number of nitrogens with zero attached hydrogens (tertiary/aromatic N) is 1. The van der Waals surface area contributed by atoms with Crippen molar-refractivity contribution in [2.24, 2.45) is 5.73 Å². The lowest BCUT2D eigenvalue weighted by molar-refractivity contribution is 0.570. The van der Waals surface area contributed by atoms with Crippen LogP contribution in [0.25, 0.3) is 0 Å². The zero-order chi connectivity index (χ0) is 11.6. The smallest absolute Gasteiger partial charge is 0.151 e. The summed E-state index contributed by atoms with van der Waals surface area (Å²) in [5.74, 6) is 0. The fourth-order valence-electron chi connectivity index (χ4n) is 1.21. The van der Waals surface area contributed by atoms with Crippen LogP contribution >= 0.6 is 0 Å². The van der Waals surface area contributed by atoms with E-state index in [1.54, 1.807) is 13.1 Å². The standard InChI is InChI=1S/C10H16N2O2S/c1-7-4-5-9(6-12-7)10(11)8(2)15(3,13)14/h4-6,8,10H,11H2,1-3H3. The number of hydrogen-bond donors (Lipinski definition) is 1. The molecule has 0 saturated heterocycles. The van der Waals surface area contributed by atoms with E-state index in [-0.39, 0.29) is 0 Å². The van der Waals surface area contributed by atoms with E-state index in [1.165, 1.54) is 6.26 Å². The molecule has 0 fully saturated rings. The summed E-state index contributed by atoms with van der Waals surface area (Å²) in [6, 6.07) is 3.12. The number of pyridine rings is 1. The van der Waals surface area contributed by atoms with E-state index in [0.717, 1.165) is 11.3 Å².